The lowest BCUT2D eigenvalue weighted by Gasteiger charge is -2.08. The summed E-state index contributed by atoms with van der Waals surface area (Å²) >= 11 is 0. The van der Waals surface area contributed by atoms with Crippen molar-refractivity contribution in [2.75, 3.05) is 6.61 Å². The third kappa shape index (κ3) is 12.0. The molecule has 0 spiro atoms. The van der Waals surface area contributed by atoms with Crippen LogP contribution in [0.2, 0.25) is 0 Å². The molecule has 2 heteroatoms. The fourth-order valence-electron chi connectivity index (χ4n) is 1.89. The van der Waals surface area contributed by atoms with Crippen LogP contribution in [0.3, 0.4) is 0 Å². The first kappa shape index (κ1) is 18.2. The van der Waals surface area contributed by atoms with Crippen LogP contribution in [-0.2, 0) is 9.53 Å². The van der Waals surface area contributed by atoms with Crippen LogP contribution < -0.4 is 0 Å². The van der Waals surface area contributed by atoms with Crippen molar-refractivity contribution in [1.29, 1.82) is 0 Å². The third-order valence-electron chi connectivity index (χ3n) is 3.29. The average molecular weight is 268 g/mol. The smallest absolute Gasteiger partial charge is 0.333 e. The zero-order chi connectivity index (χ0) is 14.5. The second kappa shape index (κ2) is 12.3. The number of esters is 1. The summed E-state index contributed by atoms with van der Waals surface area (Å²) in [4.78, 5) is 11.6. The molecule has 0 saturated heterocycles. The fourth-order valence-corrected chi connectivity index (χ4v) is 1.89. The van der Waals surface area contributed by atoms with Gasteiger partial charge in [-0.25, -0.2) is 4.79 Å². The van der Waals surface area contributed by atoms with E-state index in [1.807, 2.05) is 0 Å². The van der Waals surface area contributed by atoms with E-state index in [0.717, 1.165) is 25.7 Å². The maximum atomic E-state index is 11.6. The minimum Gasteiger partial charge on any atom is -0.462 e. The van der Waals surface area contributed by atoms with Crippen LogP contribution in [0.4, 0.5) is 0 Å². The molecule has 0 aromatic rings. The number of carbonyl (C=O) groups is 1. The molecule has 19 heavy (non-hydrogen) atoms. The van der Waals surface area contributed by atoms with Gasteiger partial charge in [0.1, 0.15) is 0 Å². The number of unbranched alkanes of at least 4 members (excludes halogenated alkanes) is 6. The summed E-state index contributed by atoms with van der Waals surface area (Å²) < 4.78 is 5.23. The maximum absolute atomic E-state index is 11.6. The highest BCUT2D eigenvalue weighted by atomic mass is 16.5. The van der Waals surface area contributed by atoms with Crippen LogP contribution in [0, 0.1) is 5.92 Å². The fraction of sp³-hybridized carbons (Fsp3) is 0.824. The Labute approximate surface area is 119 Å². The van der Waals surface area contributed by atoms with E-state index >= 15 is 0 Å². The van der Waals surface area contributed by atoms with Crippen molar-refractivity contribution in [2.24, 2.45) is 5.92 Å². The summed E-state index contributed by atoms with van der Waals surface area (Å²) in [5.74, 6) is 0.402. The van der Waals surface area contributed by atoms with E-state index in [2.05, 4.69) is 27.4 Å². The van der Waals surface area contributed by atoms with Crippen molar-refractivity contribution >= 4 is 5.97 Å². The standard InChI is InChI=1S/C17H32O2/c1-5-6-7-8-9-10-11-14-19-17(18)16(4)13-12-15(2)3/h15H,4-14H2,1-3H3. The summed E-state index contributed by atoms with van der Waals surface area (Å²) in [6, 6.07) is 0. The van der Waals surface area contributed by atoms with Gasteiger partial charge in [-0.05, 0) is 25.2 Å². The number of carbonyl (C=O) groups excluding carboxylic acids is 1. The van der Waals surface area contributed by atoms with E-state index in [9.17, 15) is 4.79 Å². The minimum atomic E-state index is -0.202. The molecule has 0 radical (unpaired) electrons. The van der Waals surface area contributed by atoms with Gasteiger partial charge >= 0.3 is 5.97 Å². The predicted octanol–water partition coefficient (Wildman–Crippen LogP) is 5.27. The summed E-state index contributed by atoms with van der Waals surface area (Å²) in [7, 11) is 0. The van der Waals surface area contributed by atoms with Crippen molar-refractivity contribution in [1.82, 2.24) is 0 Å². The largest absolute Gasteiger partial charge is 0.462 e. The molecule has 2 nitrogen and oxygen atoms in total. The van der Waals surface area contributed by atoms with E-state index in [1.165, 1.54) is 32.1 Å². The van der Waals surface area contributed by atoms with Crippen molar-refractivity contribution in [2.45, 2.75) is 78.6 Å². The Bertz CT molecular complexity index is 244. The number of hydrogen-bond donors (Lipinski definition) is 0. The first-order chi connectivity index (χ1) is 9.07. The lowest BCUT2D eigenvalue weighted by Crippen LogP contribution is -2.09. The van der Waals surface area contributed by atoms with E-state index in [0.29, 0.717) is 18.1 Å². The van der Waals surface area contributed by atoms with Gasteiger partial charge in [0.05, 0.1) is 6.61 Å². The highest BCUT2D eigenvalue weighted by Crippen LogP contribution is 2.12. The van der Waals surface area contributed by atoms with Crippen LogP contribution in [0.1, 0.15) is 78.6 Å². The topological polar surface area (TPSA) is 26.3 Å². The molecule has 0 aliphatic heterocycles. The molecule has 0 amide bonds. The second-order valence-electron chi connectivity index (χ2n) is 5.79. The van der Waals surface area contributed by atoms with Crippen molar-refractivity contribution < 1.29 is 9.53 Å². The maximum Gasteiger partial charge on any atom is 0.333 e. The number of ether oxygens (including phenoxy) is 1. The van der Waals surface area contributed by atoms with E-state index in [-0.39, 0.29) is 5.97 Å². The molecule has 0 aliphatic rings. The zero-order valence-electron chi connectivity index (χ0n) is 13.2. The summed E-state index contributed by atoms with van der Waals surface area (Å²) in [5, 5.41) is 0. The first-order valence-corrected chi connectivity index (χ1v) is 7.92. The molecule has 0 saturated carbocycles. The molecule has 0 aromatic carbocycles. The van der Waals surface area contributed by atoms with Crippen molar-refractivity contribution in [3.63, 3.8) is 0 Å². The van der Waals surface area contributed by atoms with Gasteiger partial charge in [-0.1, -0.05) is 65.9 Å². The molecule has 0 atom stereocenters. The molecule has 112 valence electrons. The average Bonchev–Trinajstić information content (AvgIpc) is 2.38. The molecule has 0 bridgehead atoms. The SMILES string of the molecule is C=C(CCC(C)C)C(=O)OCCCCCCCCC. The number of rotatable bonds is 12. The monoisotopic (exact) mass is 268 g/mol. The lowest BCUT2D eigenvalue weighted by atomic mass is 10.0. The molecule has 0 N–H and O–H groups in total. The van der Waals surface area contributed by atoms with Gasteiger partial charge in [-0.3, -0.25) is 0 Å². The van der Waals surface area contributed by atoms with Gasteiger partial charge in [0.15, 0.2) is 0 Å². The lowest BCUT2D eigenvalue weighted by molar-refractivity contribution is -0.139. The molecular weight excluding hydrogens is 236 g/mol. The van der Waals surface area contributed by atoms with E-state index < -0.39 is 0 Å². The van der Waals surface area contributed by atoms with E-state index in [4.69, 9.17) is 4.74 Å². The third-order valence-corrected chi connectivity index (χ3v) is 3.29. The molecule has 0 unspecified atom stereocenters. The Morgan fingerprint density at radius 2 is 1.63 bits per heavy atom. The van der Waals surface area contributed by atoms with Gasteiger partial charge in [0.2, 0.25) is 0 Å². The highest BCUT2D eigenvalue weighted by molar-refractivity contribution is 5.87. The van der Waals surface area contributed by atoms with Gasteiger partial charge < -0.3 is 4.74 Å². The summed E-state index contributed by atoms with van der Waals surface area (Å²) in [5.41, 5.74) is 0.622. The van der Waals surface area contributed by atoms with Gasteiger partial charge in [0.25, 0.3) is 0 Å². The van der Waals surface area contributed by atoms with Gasteiger partial charge in [-0.2, -0.15) is 0 Å². The summed E-state index contributed by atoms with van der Waals surface area (Å²) in [6.45, 7) is 10.9. The van der Waals surface area contributed by atoms with Crippen LogP contribution in [0.15, 0.2) is 12.2 Å². The quantitative estimate of drug-likeness (QED) is 0.274. The second-order valence-corrected chi connectivity index (χ2v) is 5.79. The molecular formula is C17H32O2. The van der Waals surface area contributed by atoms with Crippen LogP contribution >= 0.6 is 0 Å². The molecule has 0 heterocycles. The zero-order valence-corrected chi connectivity index (χ0v) is 13.2. The normalized spacial score (nSPS) is 10.7. The Kier molecular flexibility index (Phi) is 11.7. The Hall–Kier alpha value is -0.790. The van der Waals surface area contributed by atoms with E-state index in [1.54, 1.807) is 0 Å². The summed E-state index contributed by atoms with van der Waals surface area (Å²) in [6.07, 6.45) is 10.4. The van der Waals surface area contributed by atoms with Crippen LogP contribution in [-0.4, -0.2) is 12.6 Å². The van der Waals surface area contributed by atoms with Gasteiger partial charge in [-0.15, -0.1) is 0 Å². The Morgan fingerprint density at radius 1 is 1.05 bits per heavy atom. The van der Waals surface area contributed by atoms with Crippen molar-refractivity contribution in [3.05, 3.63) is 12.2 Å². The van der Waals surface area contributed by atoms with Crippen molar-refractivity contribution in [3.8, 4) is 0 Å². The van der Waals surface area contributed by atoms with Crippen LogP contribution in [0.25, 0.3) is 0 Å². The molecule has 0 rings (SSSR count). The first-order valence-electron chi connectivity index (χ1n) is 7.92. The Morgan fingerprint density at radius 3 is 2.21 bits per heavy atom. The Balaban J connectivity index is 3.40. The number of hydrogen-bond acceptors (Lipinski definition) is 2. The highest BCUT2D eigenvalue weighted by Gasteiger charge is 2.08. The predicted molar refractivity (Wildman–Crippen MR) is 82.2 cm³/mol. The molecule has 0 aliphatic carbocycles. The molecule has 0 aromatic heterocycles. The molecule has 0 fully saturated rings. The van der Waals surface area contributed by atoms with Gasteiger partial charge in [0, 0.05) is 5.57 Å². The van der Waals surface area contributed by atoms with Crippen LogP contribution in [0.5, 0.6) is 0 Å². The minimum absolute atomic E-state index is 0.202.